The normalized spacial score (nSPS) is 27.8. The summed E-state index contributed by atoms with van der Waals surface area (Å²) in [6, 6.07) is -0.612. The highest BCUT2D eigenvalue weighted by Gasteiger charge is 2.34. The molecule has 2 amide bonds. The molecule has 6 heteroatoms. The minimum Gasteiger partial charge on any atom is -0.370 e. The summed E-state index contributed by atoms with van der Waals surface area (Å²) in [5.41, 5.74) is 9.97. The fourth-order valence-electron chi connectivity index (χ4n) is 2.63. The second-order valence-electron chi connectivity index (χ2n) is 6.00. The summed E-state index contributed by atoms with van der Waals surface area (Å²) >= 11 is 0. The van der Waals surface area contributed by atoms with E-state index in [0.29, 0.717) is 12.5 Å². The highest BCUT2D eigenvalue weighted by Crippen LogP contribution is 2.36. The molecule has 1 saturated carbocycles. The number of primary amides is 2. The molecular formula is C14H25N3O3. The van der Waals surface area contributed by atoms with Crippen molar-refractivity contribution in [3.8, 4) is 0 Å². The van der Waals surface area contributed by atoms with Gasteiger partial charge in [0.2, 0.25) is 11.8 Å². The third-order valence-electron chi connectivity index (χ3n) is 4.24. The number of amides is 2. The van der Waals surface area contributed by atoms with E-state index >= 15 is 0 Å². The van der Waals surface area contributed by atoms with Gasteiger partial charge in [-0.2, -0.15) is 0 Å². The van der Waals surface area contributed by atoms with Crippen LogP contribution in [0.4, 0.5) is 0 Å². The molecule has 0 aromatic rings. The molecule has 0 aromatic carbocycles. The summed E-state index contributed by atoms with van der Waals surface area (Å²) in [5.74, 6) is -0.337. The molecule has 0 radical (unpaired) electrons. The molecule has 5 N–H and O–H groups in total. The second-order valence-corrected chi connectivity index (χ2v) is 6.00. The smallest absolute Gasteiger partial charge is 0.234 e. The molecule has 1 fully saturated rings. The van der Waals surface area contributed by atoms with Gasteiger partial charge in [-0.1, -0.05) is 6.92 Å². The monoisotopic (exact) mass is 283 g/mol. The van der Waals surface area contributed by atoms with Crippen LogP contribution in [0.3, 0.4) is 0 Å². The lowest BCUT2D eigenvalue weighted by atomic mass is 9.71. The van der Waals surface area contributed by atoms with E-state index in [1.807, 2.05) is 0 Å². The Morgan fingerprint density at radius 2 is 1.95 bits per heavy atom. The Balaban J connectivity index is 2.53. The zero-order chi connectivity index (χ0) is 15.2. The van der Waals surface area contributed by atoms with E-state index in [4.69, 9.17) is 11.5 Å². The van der Waals surface area contributed by atoms with E-state index in [0.717, 1.165) is 32.0 Å². The van der Waals surface area contributed by atoms with Gasteiger partial charge in [0.15, 0.2) is 0 Å². The first-order chi connectivity index (χ1) is 9.38. The maximum atomic E-state index is 11.4. The van der Waals surface area contributed by atoms with E-state index in [-0.39, 0.29) is 12.8 Å². The number of nitrogens with one attached hydrogen (secondary N) is 1. The fraction of sp³-hybridized carbons (Fsp3) is 0.786. The average Bonchev–Trinajstić information content (AvgIpc) is 2.40. The van der Waals surface area contributed by atoms with Crippen LogP contribution in [0.15, 0.2) is 0 Å². The molecule has 0 saturated heterocycles. The number of rotatable bonds is 8. The van der Waals surface area contributed by atoms with Crippen LogP contribution in [-0.2, 0) is 14.4 Å². The highest BCUT2D eigenvalue weighted by atomic mass is 16.2. The van der Waals surface area contributed by atoms with Crippen molar-refractivity contribution in [2.75, 3.05) is 6.54 Å². The molecule has 1 atom stereocenters. The number of hydrogen-bond acceptors (Lipinski definition) is 4. The number of carbonyl (C=O) groups is 3. The summed E-state index contributed by atoms with van der Waals surface area (Å²) in [7, 11) is 0. The van der Waals surface area contributed by atoms with Gasteiger partial charge in [-0.3, -0.25) is 9.59 Å². The third kappa shape index (κ3) is 4.92. The number of carbonyl (C=O) groups excluding carboxylic acids is 3. The summed E-state index contributed by atoms with van der Waals surface area (Å²) in [4.78, 5) is 33.5. The molecule has 0 bridgehead atoms. The summed E-state index contributed by atoms with van der Waals surface area (Å²) in [6.07, 6.45) is 5.06. The van der Waals surface area contributed by atoms with Gasteiger partial charge >= 0.3 is 0 Å². The van der Waals surface area contributed by atoms with Crippen molar-refractivity contribution in [3.05, 3.63) is 0 Å². The largest absolute Gasteiger partial charge is 0.370 e. The van der Waals surface area contributed by atoms with E-state index in [2.05, 4.69) is 12.2 Å². The lowest BCUT2D eigenvalue weighted by molar-refractivity contribution is -0.123. The zero-order valence-electron chi connectivity index (χ0n) is 12.1. The van der Waals surface area contributed by atoms with Gasteiger partial charge < -0.3 is 21.6 Å². The Labute approximate surface area is 119 Å². The molecule has 1 rings (SSSR count). The van der Waals surface area contributed by atoms with Gasteiger partial charge in [0.1, 0.15) is 6.29 Å². The highest BCUT2D eigenvalue weighted by molar-refractivity contribution is 5.81. The Morgan fingerprint density at radius 1 is 1.35 bits per heavy atom. The van der Waals surface area contributed by atoms with Gasteiger partial charge in [0, 0.05) is 18.4 Å². The number of nitrogens with two attached hydrogens (primary N) is 2. The molecule has 0 unspecified atom stereocenters. The van der Waals surface area contributed by atoms with Crippen molar-refractivity contribution >= 4 is 18.1 Å². The van der Waals surface area contributed by atoms with Gasteiger partial charge in [-0.05, 0) is 38.0 Å². The van der Waals surface area contributed by atoms with Crippen molar-refractivity contribution < 1.29 is 14.4 Å². The van der Waals surface area contributed by atoms with Crippen molar-refractivity contribution in [1.29, 1.82) is 0 Å². The van der Waals surface area contributed by atoms with Gasteiger partial charge in [0.05, 0.1) is 6.04 Å². The third-order valence-corrected chi connectivity index (χ3v) is 4.24. The molecule has 1 aliphatic carbocycles. The Morgan fingerprint density at radius 3 is 2.40 bits per heavy atom. The maximum absolute atomic E-state index is 11.4. The average molecular weight is 283 g/mol. The van der Waals surface area contributed by atoms with E-state index in [9.17, 15) is 14.4 Å². The van der Waals surface area contributed by atoms with Crippen LogP contribution >= 0.6 is 0 Å². The van der Waals surface area contributed by atoms with E-state index in [1.165, 1.54) is 0 Å². The van der Waals surface area contributed by atoms with Crippen LogP contribution in [0, 0.1) is 11.3 Å². The minimum absolute atomic E-state index is 0.103. The molecule has 1 aliphatic rings. The standard InChI is InChI=1S/C14H25N3O3/c1-10-4-6-14(9-18,7-5-10)8-17-11(13(16)20)2-3-12(15)19/h9-11,17H,2-8H2,1H3,(H2,15,19)(H2,16,20)/t10?,11-,14?/m1/s1. The number of aldehydes is 1. The van der Waals surface area contributed by atoms with Crippen molar-refractivity contribution in [3.63, 3.8) is 0 Å². The van der Waals surface area contributed by atoms with Crippen LogP contribution in [-0.4, -0.2) is 30.7 Å². The molecule has 0 aliphatic heterocycles. The van der Waals surface area contributed by atoms with Crippen LogP contribution in [0.1, 0.15) is 45.4 Å². The first kappa shape index (κ1) is 16.6. The minimum atomic E-state index is -0.612. The van der Waals surface area contributed by atoms with Gasteiger partial charge in [0.25, 0.3) is 0 Å². The Hall–Kier alpha value is -1.43. The Kier molecular flexibility index (Phi) is 6.13. The molecule has 114 valence electrons. The molecule has 0 spiro atoms. The lowest BCUT2D eigenvalue weighted by Gasteiger charge is -2.36. The second kappa shape index (κ2) is 7.38. The Bertz CT molecular complexity index is 363. The molecule has 0 aromatic heterocycles. The summed E-state index contributed by atoms with van der Waals surface area (Å²) in [6.45, 7) is 2.61. The number of hydrogen-bond donors (Lipinski definition) is 3. The molecular weight excluding hydrogens is 258 g/mol. The lowest BCUT2D eigenvalue weighted by Crippen LogP contribution is -2.48. The zero-order valence-corrected chi connectivity index (χ0v) is 12.1. The quantitative estimate of drug-likeness (QED) is 0.547. The van der Waals surface area contributed by atoms with Crippen molar-refractivity contribution in [1.82, 2.24) is 5.32 Å². The van der Waals surface area contributed by atoms with E-state index in [1.54, 1.807) is 0 Å². The van der Waals surface area contributed by atoms with Crippen LogP contribution in [0.2, 0.25) is 0 Å². The first-order valence-electron chi connectivity index (χ1n) is 7.16. The van der Waals surface area contributed by atoms with Crippen LogP contribution < -0.4 is 16.8 Å². The molecule has 0 heterocycles. The van der Waals surface area contributed by atoms with E-state index < -0.39 is 23.3 Å². The van der Waals surface area contributed by atoms with Crippen LogP contribution in [0.25, 0.3) is 0 Å². The predicted molar refractivity (Wildman–Crippen MR) is 75.5 cm³/mol. The van der Waals surface area contributed by atoms with Gasteiger partial charge in [-0.15, -0.1) is 0 Å². The summed E-state index contributed by atoms with van der Waals surface area (Å²) < 4.78 is 0. The molecule has 6 nitrogen and oxygen atoms in total. The maximum Gasteiger partial charge on any atom is 0.234 e. The van der Waals surface area contributed by atoms with Crippen LogP contribution in [0.5, 0.6) is 0 Å². The molecule has 20 heavy (non-hydrogen) atoms. The SMILES string of the molecule is CC1CCC(C=O)(CN[C@H](CCC(N)=O)C(N)=O)CC1. The topological polar surface area (TPSA) is 115 Å². The van der Waals surface area contributed by atoms with Crippen molar-refractivity contribution in [2.45, 2.75) is 51.5 Å². The van der Waals surface area contributed by atoms with Gasteiger partial charge in [-0.25, -0.2) is 0 Å². The first-order valence-corrected chi connectivity index (χ1v) is 7.16. The summed E-state index contributed by atoms with van der Waals surface area (Å²) in [5, 5.41) is 3.04. The van der Waals surface area contributed by atoms with Crippen molar-refractivity contribution in [2.24, 2.45) is 22.8 Å². The fourth-order valence-corrected chi connectivity index (χ4v) is 2.63. The predicted octanol–water partition coefficient (Wildman–Crippen LogP) is 0.0908.